The summed E-state index contributed by atoms with van der Waals surface area (Å²) in [4.78, 5) is 16.3. The van der Waals surface area contributed by atoms with E-state index in [0.717, 1.165) is 0 Å². The summed E-state index contributed by atoms with van der Waals surface area (Å²) >= 11 is 1.27. The van der Waals surface area contributed by atoms with E-state index in [0.29, 0.717) is 28.7 Å². The van der Waals surface area contributed by atoms with Gasteiger partial charge in [0.1, 0.15) is 0 Å². The molecule has 124 valence electrons. The molecule has 0 bridgehead atoms. The average Bonchev–Trinajstić information content (AvgIpc) is 2.94. The molecule has 0 aliphatic carbocycles. The topological polar surface area (TPSA) is 77.2 Å². The van der Waals surface area contributed by atoms with Crippen molar-refractivity contribution in [3.05, 3.63) is 29.4 Å². The van der Waals surface area contributed by atoms with Crippen molar-refractivity contribution in [3.63, 3.8) is 0 Å². The molecule has 0 saturated heterocycles. The molecule has 0 aliphatic heterocycles. The third-order valence-electron chi connectivity index (χ3n) is 3.24. The van der Waals surface area contributed by atoms with Gasteiger partial charge in [0.2, 0.25) is 5.91 Å². The molecule has 1 aromatic heterocycles. The average molecular weight is 337 g/mol. The third-order valence-corrected chi connectivity index (χ3v) is 4.00. The highest BCUT2D eigenvalue weighted by Crippen LogP contribution is 2.28. The van der Waals surface area contributed by atoms with E-state index in [-0.39, 0.29) is 11.7 Å². The van der Waals surface area contributed by atoms with E-state index in [1.54, 1.807) is 17.5 Å². The number of methoxy groups -OCH3 is 1. The van der Waals surface area contributed by atoms with Crippen molar-refractivity contribution in [2.75, 3.05) is 12.4 Å². The summed E-state index contributed by atoms with van der Waals surface area (Å²) in [5.74, 6) is -0.204. The zero-order valence-corrected chi connectivity index (χ0v) is 14.1. The number of hydrogen-bond acceptors (Lipinski definition) is 5. The van der Waals surface area contributed by atoms with Crippen LogP contribution < -0.4 is 15.8 Å². The van der Waals surface area contributed by atoms with Crippen LogP contribution >= 0.6 is 11.3 Å². The van der Waals surface area contributed by atoms with E-state index in [4.69, 9.17) is 10.5 Å². The van der Waals surface area contributed by atoms with Crippen molar-refractivity contribution in [1.29, 1.82) is 0 Å². The summed E-state index contributed by atoms with van der Waals surface area (Å²) in [6.45, 7) is 4.01. The van der Waals surface area contributed by atoms with Gasteiger partial charge in [-0.05, 0) is 30.5 Å². The minimum atomic E-state index is -0.569. The highest BCUT2D eigenvalue weighted by atomic mass is 32.1. The SMILES string of the molecule is COc1ccc(-c2csc(NC(=O)[C@@H](N)CC(C)C)n2)cc1F. The lowest BCUT2D eigenvalue weighted by Crippen LogP contribution is -2.36. The molecule has 2 rings (SSSR count). The lowest BCUT2D eigenvalue weighted by Gasteiger charge is -2.12. The zero-order valence-electron chi connectivity index (χ0n) is 13.3. The van der Waals surface area contributed by atoms with Crippen LogP contribution in [0.1, 0.15) is 20.3 Å². The van der Waals surface area contributed by atoms with Gasteiger partial charge in [0.15, 0.2) is 16.7 Å². The number of ether oxygens (including phenoxy) is 1. The normalized spacial score (nSPS) is 12.3. The van der Waals surface area contributed by atoms with Crippen molar-refractivity contribution < 1.29 is 13.9 Å². The number of halogens is 1. The van der Waals surface area contributed by atoms with E-state index in [1.807, 2.05) is 13.8 Å². The Kier molecular flexibility index (Phi) is 5.68. The van der Waals surface area contributed by atoms with Crippen LogP contribution in [0.25, 0.3) is 11.3 Å². The summed E-state index contributed by atoms with van der Waals surface area (Å²) < 4.78 is 18.6. The summed E-state index contributed by atoms with van der Waals surface area (Å²) in [6.07, 6.45) is 0.605. The number of anilines is 1. The number of hydrogen-bond donors (Lipinski definition) is 2. The second kappa shape index (κ2) is 7.52. The molecular formula is C16H20FN3O2S. The van der Waals surface area contributed by atoms with Crippen LogP contribution in [0, 0.1) is 11.7 Å². The number of carbonyl (C=O) groups is 1. The van der Waals surface area contributed by atoms with Gasteiger partial charge in [-0.1, -0.05) is 13.8 Å². The molecule has 5 nitrogen and oxygen atoms in total. The van der Waals surface area contributed by atoms with Crippen LogP contribution in [0.5, 0.6) is 5.75 Å². The summed E-state index contributed by atoms with van der Waals surface area (Å²) in [5, 5.41) is 4.90. The van der Waals surface area contributed by atoms with E-state index < -0.39 is 11.9 Å². The highest BCUT2D eigenvalue weighted by molar-refractivity contribution is 7.14. The first-order chi connectivity index (χ1) is 10.9. The molecular weight excluding hydrogens is 317 g/mol. The molecule has 1 heterocycles. The highest BCUT2D eigenvalue weighted by Gasteiger charge is 2.17. The molecule has 1 amide bonds. The lowest BCUT2D eigenvalue weighted by atomic mass is 10.0. The van der Waals surface area contributed by atoms with E-state index in [2.05, 4.69) is 10.3 Å². The van der Waals surface area contributed by atoms with E-state index >= 15 is 0 Å². The first kappa shape index (κ1) is 17.4. The van der Waals surface area contributed by atoms with Gasteiger partial charge in [0, 0.05) is 10.9 Å². The minimum Gasteiger partial charge on any atom is -0.494 e. The van der Waals surface area contributed by atoms with E-state index in [1.165, 1.54) is 24.5 Å². The number of nitrogens with one attached hydrogen (secondary N) is 1. The maximum atomic E-state index is 13.7. The van der Waals surface area contributed by atoms with Crippen LogP contribution in [0.4, 0.5) is 9.52 Å². The minimum absolute atomic E-state index is 0.178. The van der Waals surface area contributed by atoms with Gasteiger partial charge >= 0.3 is 0 Å². The van der Waals surface area contributed by atoms with Crippen molar-refractivity contribution in [2.45, 2.75) is 26.3 Å². The van der Waals surface area contributed by atoms with Crippen LogP contribution in [0.15, 0.2) is 23.6 Å². The standard InChI is InChI=1S/C16H20FN3O2S/c1-9(2)6-12(18)15(21)20-16-19-13(8-23-16)10-4-5-14(22-3)11(17)7-10/h4-5,7-9,12H,6,18H2,1-3H3,(H,19,20,21)/t12-/m0/s1. The Morgan fingerprint density at radius 3 is 2.83 bits per heavy atom. The summed E-state index contributed by atoms with van der Waals surface area (Å²) in [6, 6.07) is 4.04. The molecule has 2 aromatic rings. The number of nitrogens with two attached hydrogens (primary N) is 1. The van der Waals surface area contributed by atoms with Gasteiger partial charge < -0.3 is 15.8 Å². The van der Waals surface area contributed by atoms with Gasteiger partial charge in [0.05, 0.1) is 18.8 Å². The molecule has 0 spiro atoms. The van der Waals surface area contributed by atoms with Gasteiger partial charge in [-0.15, -0.1) is 11.3 Å². The van der Waals surface area contributed by atoms with Crippen molar-refractivity contribution in [3.8, 4) is 17.0 Å². The van der Waals surface area contributed by atoms with Gasteiger partial charge in [-0.2, -0.15) is 0 Å². The maximum absolute atomic E-state index is 13.7. The fourth-order valence-electron chi connectivity index (χ4n) is 2.10. The Morgan fingerprint density at radius 1 is 1.48 bits per heavy atom. The fraction of sp³-hybridized carbons (Fsp3) is 0.375. The Labute approximate surface area is 138 Å². The molecule has 0 unspecified atom stereocenters. The molecule has 7 heteroatoms. The summed E-state index contributed by atoms with van der Waals surface area (Å²) in [5.41, 5.74) is 7.04. The third kappa shape index (κ3) is 4.49. The molecule has 0 radical (unpaired) electrons. The van der Waals surface area contributed by atoms with Crippen LogP contribution in [0.2, 0.25) is 0 Å². The predicted octanol–water partition coefficient (Wildman–Crippen LogP) is 3.27. The Balaban J connectivity index is 2.09. The maximum Gasteiger partial charge on any atom is 0.243 e. The Bertz CT molecular complexity index is 688. The molecule has 1 aromatic carbocycles. The second-order valence-corrected chi connectivity index (χ2v) is 6.47. The Morgan fingerprint density at radius 2 is 2.22 bits per heavy atom. The van der Waals surface area contributed by atoms with Crippen molar-refractivity contribution >= 4 is 22.4 Å². The largest absolute Gasteiger partial charge is 0.494 e. The van der Waals surface area contributed by atoms with Crippen LogP contribution in [-0.4, -0.2) is 24.0 Å². The number of nitrogens with zero attached hydrogens (tertiary/aromatic N) is 1. The van der Waals surface area contributed by atoms with Gasteiger partial charge in [-0.3, -0.25) is 4.79 Å². The van der Waals surface area contributed by atoms with Gasteiger partial charge in [0.25, 0.3) is 0 Å². The van der Waals surface area contributed by atoms with Crippen molar-refractivity contribution in [2.24, 2.45) is 11.7 Å². The quantitative estimate of drug-likeness (QED) is 0.848. The molecule has 1 atom stereocenters. The molecule has 0 fully saturated rings. The van der Waals surface area contributed by atoms with Gasteiger partial charge in [-0.25, -0.2) is 9.37 Å². The smallest absolute Gasteiger partial charge is 0.243 e. The van der Waals surface area contributed by atoms with E-state index in [9.17, 15) is 9.18 Å². The molecule has 0 aliphatic rings. The monoisotopic (exact) mass is 337 g/mol. The number of carbonyl (C=O) groups excluding carboxylic acids is 1. The number of rotatable bonds is 6. The lowest BCUT2D eigenvalue weighted by molar-refractivity contribution is -0.117. The zero-order chi connectivity index (χ0) is 17.0. The first-order valence-electron chi connectivity index (χ1n) is 7.26. The number of thiazole rings is 1. The Hall–Kier alpha value is -1.99. The summed E-state index contributed by atoms with van der Waals surface area (Å²) in [7, 11) is 1.41. The second-order valence-electron chi connectivity index (χ2n) is 5.61. The molecule has 23 heavy (non-hydrogen) atoms. The first-order valence-corrected chi connectivity index (χ1v) is 8.14. The van der Waals surface area contributed by atoms with Crippen molar-refractivity contribution in [1.82, 2.24) is 4.98 Å². The molecule has 0 saturated carbocycles. The number of benzene rings is 1. The van der Waals surface area contributed by atoms with Crippen LogP contribution in [0.3, 0.4) is 0 Å². The predicted molar refractivity (Wildman–Crippen MR) is 90.1 cm³/mol. The number of aromatic nitrogens is 1. The molecule has 3 N–H and O–H groups in total. The van der Waals surface area contributed by atoms with Crippen LogP contribution in [-0.2, 0) is 4.79 Å². The fourth-order valence-corrected chi connectivity index (χ4v) is 2.83. The number of amides is 1.